The first-order valence-corrected chi connectivity index (χ1v) is 4.96. The zero-order valence-electron chi connectivity index (χ0n) is 7.85. The van der Waals surface area contributed by atoms with Crippen molar-refractivity contribution in [2.75, 3.05) is 6.54 Å². The second-order valence-electron chi connectivity index (χ2n) is 3.19. The molecule has 2 nitrogen and oxygen atoms in total. The zero-order valence-corrected chi connectivity index (χ0v) is 9.44. The minimum Gasteiger partial charge on any atom is -0.375 e. The molecule has 0 bridgehead atoms. The van der Waals surface area contributed by atoms with Gasteiger partial charge in [0, 0.05) is 16.6 Å². The van der Waals surface area contributed by atoms with Gasteiger partial charge in [-0.2, -0.15) is 13.2 Å². The summed E-state index contributed by atoms with van der Waals surface area (Å²) < 4.78 is 51.2. The molecular formula is C9H8BrF4NO. The number of rotatable bonds is 2. The molecule has 0 fully saturated rings. The first-order chi connectivity index (χ1) is 7.22. The Morgan fingerprint density at radius 1 is 1.31 bits per heavy atom. The van der Waals surface area contributed by atoms with E-state index in [9.17, 15) is 22.7 Å². The molecule has 1 atom stereocenters. The van der Waals surface area contributed by atoms with Gasteiger partial charge < -0.3 is 10.8 Å². The molecule has 0 spiro atoms. The standard InChI is InChI=1S/C9H8BrF4NO/c10-5-1-2-7(11)6(3-5)8(16,4-15)9(12,13)14/h1-3,16H,4,15H2. The Morgan fingerprint density at radius 2 is 1.88 bits per heavy atom. The van der Waals surface area contributed by atoms with Gasteiger partial charge >= 0.3 is 6.18 Å². The predicted octanol–water partition coefficient (Wildman–Crippen LogP) is 2.30. The maximum Gasteiger partial charge on any atom is 0.422 e. The fraction of sp³-hybridized carbons (Fsp3) is 0.333. The normalized spacial score (nSPS) is 15.9. The van der Waals surface area contributed by atoms with Crippen LogP contribution >= 0.6 is 15.9 Å². The summed E-state index contributed by atoms with van der Waals surface area (Å²) in [6, 6.07) is 2.91. The molecule has 7 heteroatoms. The minimum atomic E-state index is -5.04. The SMILES string of the molecule is NCC(O)(c1cc(Br)ccc1F)C(F)(F)F. The fourth-order valence-electron chi connectivity index (χ4n) is 1.19. The molecule has 16 heavy (non-hydrogen) atoms. The summed E-state index contributed by atoms with van der Waals surface area (Å²) in [7, 11) is 0. The van der Waals surface area contributed by atoms with Crippen molar-refractivity contribution < 1.29 is 22.7 Å². The number of alkyl halides is 3. The molecule has 3 N–H and O–H groups in total. The zero-order chi connectivity index (χ0) is 12.6. The first-order valence-electron chi connectivity index (χ1n) is 4.17. The van der Waals surface area contributed by atoms with Gasteiger partial charge in [0.2, 0.25) is 5.60 Å². The number of aliphatic hydroxyl groups is 1. The van der Waals surface area contributed by atoms with Gasteiger partial charge in [-0.15, -0.1) is 0 Å². The monoisotopic (exact) mass is 301 g/mol. The van der Waals surface area contributed by atoms with E-state index < -0.39 is 29.7 Å². The fourth-order valence-corrected chi connectivity index (χ4v) is 1.55. The average molecular weight is 302 g/mol. The van der Waals surface area contributed by atoms with Crippen molar-refractivity contribution in [1.82, 2.24) is 0 Å². The lowest BCUT2D eigenvalue weighted by Crippen LogP contribution is -2.48. The van der Waals surface area contributed by atoms with Gasteiger partial charge in [-0.1, -0.05) is 15.9 Å². The Balaban J connectivity index is 3.39. The lowest BCUT2D eigenvalue weighted by atomic mass is 9.93. The van der Waals surface area contributed by atoms with Crippen molar-refractivity contribution in [1.29, 1.82) is 0 Å². The van der Waals surface area contributed by atoms with Crippen LogP contribution in [0.15, 0.2) is 22.7 Å². The van der Waals surface area contributed by atoms with Crippen molar-refractivity contribution in [3.63, 3.8) is 0 Å². The van der Waals surface area contributed by atoms with Crippen molar-refractivity contribution >= 4 is 15.9 Å². The van der Waals surface area contributed by atoms with Crippen LogP contribution in [0.3, 0.4) is 0 Å². The van der Waals surface area contributed by atoms with Gasteiger partial charge in [0.25, 0.3) is 0 Å². The number of hydrogen-bond donors (Lipinski definition) is 2. The lowest BCUT2D eigenvalue weighted by molar-refractivity contribution is -0.263. The van der Waals surface area contributed by atoms with E-state index in [1.165, 1.54) is 6.07 Å². The highest BCUT2D eigenvalue weighted by Crippen LogP contribution is 2.39. The van der Waals surface area contributed by atoms with Gasteiger partial charge in [0.1, 0.15) is 5.82 Å². The molecule has 0 aromatic heterocycles. The van der Waals surface area contributed by atoms with E-state index in [1.807, 2.05) is 0 Å². The maximum absolute atomic E-state index is 13.2. The largest absolute Gasteiger partial charge is 0.422 e. The van der Waals surface area contributed by atoms with Crippen LogP contribution in [0.1, 0.15) is 5.56 Å². The highest BCUT2D eigenvalue weighted by atomic mass is 79.9. The summed E-state index contributed by atoms with van der Waals surface area (Å²) in [4.78, 5) is 0. The Morgan fingerprint density at radius 3 is 2.31 bits per heavy atom. The van der Waals surface area contributed by atoms with E-state index in [1.54, 1.807) is 0 Å². The van der Waals surface area contributed by atoms with Crippen molar-refractivity contribution in [2.45, 2.75) is 11.8 Å². The topological polar surface area (TPSA) is 46.2 Å². The quantitative estimate of drug-likeness (QED) is 0.824. The number of halogens is 5. The first kappa shape index (κ1) is 13.4. The number of nitrogens with two attached hydrogens (primary N) is 1. The highest BCUT2D eigenvalue weighted by molar-refractivity contribution is 9.10. The van der Waals surface area contributed by atoms with E-state index in [0.717, 1.165) is 12.1 Å². The number of hydrogen-bond acceptors (Lipinski definition) is 2. The van der Waals surface area contributed by atoms with Crippen LogP contribution in [0.25, 0.3) is 0 Å². The third-order valence-electron chi connectivity index (χ3n) is 2.14. The van der Waals surface area contributed by atoms with Crippen molar-refractivity contribution in [3.05, 3.63) is 34.1 Å². The van der Waals surface area contributed by atoms with Gasteiger partial charge in [-0.25, -0.2) is 4.39 Å². The summed E-state index contributed by atoms with van der Waals surface area (Å²) in [6.07, 6.45) is -5.04. The van der Waals surface area contributed by atoms with Crippen molar-refractivity contribution in [2.24, 2.45) is 5.73 Å². The molecule has 0 aliphatic heterocycles. The predicted molar refractivity (Wildman–Crippen MR) is 53.1 cm³/mol. The molecule has 0 aliphatic rings. The van der Waals surface area contributed by atoms with Crippen LogP contribution in [0, 0.1) is 5.82 Å². The molecule has 0 saturated carbocycles. The molecule has 0 aliphatic carbocycles. The summed E-state index contributed by atoms with van der Waals surface area (Å²) in [6.45, 7) is -1.15. The average Bonchev–Trinajstić information content (AvgIpc) is 2.19. The molecule has 1 unspecified atom stereocenters. The van der Waals surface area contributed by atoms with Crippen LogP contribution < -0.4 is 5.73 Å². The molecule has 1 rings (SSSR count). The Hall–Kier alpha value is -0.660. The summed E-state index contributed by atoms with van der Waals surface area (Å²) in [5.74, 6) is -1.16. The van der Waals surface area contributed by atoms with E-state index in [0.29, 0.717) is 0 Å². The van der Waals surface area contributed by atoms with Crippen LogP contribution in [0.4, 0.5) is 17.6 Å². The molecule has 1 aromatic rings. The van der Waals surface area contributed by atoms with Gasteiger partial charge in [-0.05, 0) is 18.2 Å². The van der Waals surface area contributed by atoms with Crippen LogP contribution in [0.5, 0.6) is 0 Å². The highest BCUT2D eigenvalue weighted by Gasteiger charge is 2.55. The van der Waals surface area contributed by atoms with Crippen molar-refractivity contribution in [3.8, 4) is 0 Å². The van der Waals surface area contributed by atoms with E-state index in [4.69, 9.17) is 5.73 Å². The van der Waals surface area contributed by atoms with Gasteiger partial charge in [-0.3, -0.25) is 0 Å². The molecule has 0 amide bonds. The molecule has 1 aromatic carbocycles. The van der Waals surface area contributed by atoms with Crippen LogP contribution in [0.2, 0.25) is 0 Å². The van der Waals surface area contributed by atoms with E-state index in [-0.39, 0.29) is 4.47 Å². The lowest BCUT2D eigenvalue weighted by Gasteiger charge is -2.29. The van der Waals surface area contributed by atoms with E-state index in [2.05, 4.69) is 15.9 Å². The molecule has 0 radical (unpaired) electrons. The summed E-state index contributed by atoms with van der Waals surface area (Å²) >= 11 is 2.90. The molecular weight excluding hydrogens is 294 g/mol. The summed E-state index contributed by atoms with van der Waals surface area (Å²) in [5.41, 5.74) is 0.626. The van der Waals surface area contributed by atoms with Crippen LogP contribution in [-0.4, -0.2) is 17.8 Å². The Bertz CT molecular complexity index is 396. The Kier molecular flexibility index (Phi) is 3.61. The third kappa shape index (κ3) is 2.21. The Labute approximate surface area is 97.2 Å². The second kappa shape index (κ2) is 4.31. The van der Waals surface area contributed by atoms with E-state index >= 15 is 0 Å². The molecule has 90 valence electrons. The molecule has 0 saturated heterocycles. The van der Waals surface area contributed by atoms with Gasteiger partial charge in [0.15, 0.2) is 0 Å². The minimum absolute atomic E-state index is 0.222. The van der Waals surface area contributed by atoms with Crippen LogP contribution in [-0.2, 0) is 5.60 Å². The third-order valence-corrected chi connectivity index (χ3v) is 2.63. The second-order valence-corrected chi connectivity index (χ2v) is 4.10. The summed E-state index contributed by atoms with van der Waals surface area (Å²) in [5, 5.41) is 9.42. The molecule has 0 heterocycles. The maximum atomic E-state index is 13.2. The number of benzene rings is 1. The smallest absolute Gasteiger partial charge is 0.375 e. The van der Waals surface area contributed by atoms with Gasteiger partial charge in [0.05, 0.1) is 0 Å².